The molecule has 0 bridgehead atoms. The average molecular weight is 336 g/mol. The molecule has 0 amide bonds. The van der Waals surface area contributed by atoms with E-state index in [1.165, 1.54) is 6.07 Å². The molecule has 3 aromatic carbocycles. The Labute approximate surface area is 151 Å². The second-order valence-corrected chi connectivity index (χ2v) is 6.31. The van der Waals surface area contributed by atoms with Crippen molar-refractivity contribution in [1.29, 1.82) is 10.5 Å². The molecule has 0 saturated carbocycles. The minimum Gasteiger partial charge on any atom is -0.423 e. The van der Waals surface area contributed by atoms with Crippen LogP contribution in [0.3, 0.4) is 0 Å². The van der Waals surface area contributed by atoms with Crippen LogP contribution in [-0.2, 0) is 0 Å². The first-order valence-electron chi connectivity index (χ1n) is 8.17. The van der Waals surface area contributed by atoms with Crippen molar-refractivity contribution in [3.8, 4) is 23.3 Å². The van der Waals surface area contributed by atoms with Crippen LogP contribution in [0.5, 0.6) is 0 Å². The maximum Gasteiger partial charge on any atom is 0.488 e. The van der Waals surface area contributed by atoms with Crippen molar-refractivity contribution < 1.29 is 10.0 Å². The molecule has 0 saturated heterocycles. The van der Waals surface area contributed by atoms with E-state index in [9.17, 15) is 20.6 Å². The van der Waals surface area contributed by atoms with Crippen LogP contribution in [0.4, 0.5) is 0 Å². The Morgan fingerprint density at radius 3 is 2.23 bits per heavy atom. The first kappa shape index (κ1) is 16.1. The molecular weight excluding hydrogens is 323 g/mol. The predicted octanol–water partition coefficient (Wildman–Crippen LogP) is 2.27. The Bertz CT molecular complexity index is 1110. The predicted molar refractivity (Wildman–Crippen MR) is 98.5 cm³/mol. The summed E-state index contributed by atoms with van der Waals surface area (Å²) in [4.78, 5) is 0. The third-order valence-electron chi connectivity index (χ3n) is 4.79. The minimum absolute atomic E-state index is 0.125. The third kappa shape index (κ3) is 2.48. The van der Waals surface area contributed by atoms with E-state index in [1.807, 2.05) is 36.4 Å². The Kier molecular flexibility index (Phi) is 3.82. The smallest absolute Gasteiger partial charge is 0.423 e. The Morgan fingerprint density at radius 1 is 0.769 bits per heavy atom. The fourth-order valence-corrected chi connectivity index (χ4v) is 3.69. The van der Waals surface area contributed by atoms with E-state index >= 15 is 0 Å². The van der Waals surface area contributed by atoms with Crippen molar-refractivity contribution in [2.24, 2.45) is 0 Å². The van der Waals surface area contributed by atoms with E-state index in [2.05, 4.69) is 12.1 Å². The molecule has 1 aliphatic carbocycles. The molecule has 0 spiro atoms. The number of rotatable bonds is 2. The second kappa shape index (κ2) is 6.17. The van der Waals surface area contributed by atoms with Crippen LogP contribution in [-0.4, -0.2) is 17.2 Å². The summed E-state index contributed by atoms with van der Waals surface area (Å²) in [6.45, 7) is 0. The van der Waals surface area contributed by atoms with Crippen LogP contribution < -0.4 is 5.46 Å². The largest absolute Gasteiger partial charge is 0.488 e. The number of benzene rings is 3. The van der Waals surface area contributed by atoms with Crippen molar-refractivity contribution in [2.45, 2.75) is 5.92 Å². The number of nitriles is 2. The van der Waals surface area contributed by atoms with Gasteiger partial charge < -0.3 is 10.0 Å². The molecule has 26 heavy (non-hydrogen) atoms. The summed E-state index contributed by atoms with van der Waals surface area (Å²) in [5.41, 5.74) is 6.25. The van der Waals surface area contributed by atoms with Gasteiger partial charge in [0.05, 0.1) is 23.3 Å². The van der Waals surface area contributed by atoms with Gasteiger partial charge in [0.1, 0.15) is 0 Å². The summed E-state index contributed by atoms with van der Waals surface area (Å²) in [6.07, 6.45) is 0. The monoisotopic (exact) mass is 336 g/mol. The number of fused-ring (bicyclic) bond motifs is 3. The molecule has 0 aromatic heterocycles. The minimum atomic E-state index is -1.64. The standard InChI is InChI=1S/C21H13BN2O2/c23-11-13-5-6-19-20(9-13)17-3-1-2-4-18(17)21(19)15-7-14(12-24)8-16(10-15)22(25)26/h1-10,21,25-26H. The molecule has 3 aromatic rings. The molecule has 122 valence electrons. The second-order valence-electron chi connectivity index (χ2n) is 6.31. The highest BCUT2D eigenvalue weighted by atomic mass is 16.4. The highest BCUT2D eigenvalue weighted by molar-refractivity contribution is 6.58. The topological polar surface area (TPSA) is 88.0 Å². The van der Waals surface area contributed by atoms with E-state index in [-0.39, 0.29) is 5.92 Å². The maximum absolute atomic E-state index is 9.58. The summed E-state index contributed by atoms with van der Waals surface area (Å²) >= 11 is 0. The SMILES string of the molecule is N#Cc1cc(B(O)O)cc(C2c3ccccc3-c3cc(C#N)ccc32)c1. The molecule has 4 rings (SSSR count). The van der Waals surface area contributed by atoms with Gasteiger partial charge in [-0.1, -0.05) is 36.4 Å². The van der Waals surface area contributed by atoms with E-state index in [0.29, 0.717) is 16.6 Å². The molecule has 4 nitrogen and oxygen atoms in total. The molecule has 0 radical (unpaired) electrons. The van der Waals surface area contributed by atoms with Gasteiger partial charge in [-0.25, -0.2) is 0 Å². The van der Waals surface area contributed by atoms with Crippen LogP contribution >= 0.6 is 0 Å². The fraction of sp³-hybridized carbons (Fsp3) is 0.0476. The van der Waals surface area contributed by atoms with Crippen molar-refractivity contribution in [3.63, 3.8) is 0 Å². The fourth-order valence-electron chi connectivity index (χ4n) is 3.69. The van der Waals surface area contributed by atoms with Gasteiger partial charge in [0, 0.05) is 5.92 Å². The first-order valence-corrected chi connectivity index (χ1v) is 8.17. The summed E-state index contributed by atoms with van der Waals surface area (Å²) in [7, 11) is -1.64. The lowest BCUT2D eigenvalue weighted by molar-refractivity contribution is 0.425. The summed E-state index contributed by atoms with van der Waals surface area (Å²) in [5.74, 6) is -0.125. The van der Waals surface area contributed by atoms with Crippen LogP contribution in [0.15, 0.2) is 60.7 Å². The van der Waals surface area contributed by atoms with Gasteiger partial charge in [-0.3, -0.25) is 0 Å². The Balaban J connectivity index is 1.98. The number of nitrogens with zero attached hydrogens (tertiary/aromatic N) is 2. The van der Waals surface area contributed by atoms with Crippen LogP contribution in [0.2, 0.25) is 0 Å². The molecular formula is C21H13BN2O2. The first-order chi connectivity index (χ1) is 12.6. The van der Waals surface area contributed by atoms with Crippen molar-refractivity contribution in [3.05, 3.63) is 88.5 Å². The normalized spacial score (nSPS) is 14.1. The molecule has 5 heteroatoms. The molecule has 1 atom stereocenters. The zero-order valence-corrected chi connectivity index (χ0v) is 13.7. The molecule has 0 aliphatic heterocycles. The van der Waals surface area contributed by atoms with Gasteiger partial charge >= 0.3 is 7.12 Å². The van der Waals surface area contributed by atoms with E-state index in [4.69, 9.17) is 0 Å². The lowest BCUT2D eigenvalue weighted by Crippen LogP contribution is -2.30. The van der Waals surface area contributed by atoms with E-state index < -0.39 is 7.12 Å². The van der Waals surface area contributed by atoms with Crippen molar-refractivity contribution in [2.75, 3.05) is 0 Å². The quantitative estimate of drug-likeness (QED) is 0.550. The van der Waals surface area contributed by atoms with Crippen molar-refractivity contribution >= 4 is 12.6 Å². The van der Waals surface area contributed by atoms with Gasteiger partial charge in [0.15, 0.2) is 0 Å². The van der Waals surface area contributed by atoms with E-state index in [0.717, 1.165) is 27.8 Å². The number of hydrogen-bond acceptors (Lipinski definition) is 4. The lowest BCUT2D eigenvalue weighted by atomic mass is 9.76. The van der Waals surface area contributed by atoms with Gasteiger partial charge in [0.25, 0.3) is 0 Å². The van der Waals surface area contributed by atoms with Gasteiger partial charge in [-0.2, -0.15) is 10.5 Å². The van der Waals surface area contributed by atoms with Gasteiger partial charge in [-0.05, 0) is 57.5 Å². The van der Waals surface area contributed by atoms with Crippen molar-refractivity contribution in [1.82, 2.24) is 0 Å². The highest BCUT2D eigenvalue weighted by Crippen LogP contribution is 2.48. The molecule has 1 aliphatic rings. The lowest BCUT2D eigenvalue weighted by Gasteiger charge is -2.16. The summed E-state index contributed by atoms with van der Waals surface area (Å²) in [5, 5.41) is 37.7. The molecule has 0 heterocycles. The highest BCUT2D eigenvalue weighted by Gasteiger charge is 2.30. The summed E-state index contributed by atoms with van der Waals surface area (Å²) < 4.78 is 0. The molecule has 0 fully saturated rings. The molecule has 1 unspecified atom stereocenters. The average Bonchev–Trinajstić information content (AvgIpc) is 3.01. The van der Waals surface area contributed by atoms with Crippen LogP contribution in [0.25, 0.3) is 11.1 Å². The number of hydrogen-bond donors (Lipinski definition) is 2. The third-order valence-corrected chi connectivity index (χ3v) is 4.79. The Morgan fingerprint density at radius 2 is 1.50 bits per heavy atom. The molecule has 2 N–H and O–H groups in total. The summed E-state index contributed by atoms with van der Waals surface area (Å²) in [6, 6.07) is 22.8. The van der Waals surface area contributed by atoms with Gasteiger partial charge in [-0.15, -0.1) is 0 Å². The van der Waals surface area contributed by atoms with Crippen LogP contribution in [0.1, 0.15) is 33.7 Å². The van der Waals surface area contributed by atoms with Crippen LogP contribution in [0, 0.1) is 22.7 Å². The van der Waals surface area contributed by atoms with E-state index in [1.54, 1.807) is 18.2 Å². The maximum atomic E-state index is 9.58. The Hall–Kier alpha value is -3.38. The zero-order chi connectivity index (χ0) is 18.3. The zero-order valence-electron chi connectivity index (χ0n) is 13.7. The van der Waals surface area contributed by atoms with Gasteiger partial charge in [0.2, 0.25) is 0 Å².